The monoisotopic (exact) mass is 409 g/mol. The number of benzene rings is 1. The number of nitrogens with zero attached hydrogens (tertiary/aromatic N) is 2. The van der Waals surface area contributed by atoms with Crippen molar-refractivity contribution in [2.75, 3.05) is 6.61 Å². The average molecular weight is 409 g/mol. The van der Waals surface area contributed by atoms with Gasteiger partial charge in [0.2, 0.25) is 5.78 Å². The fraction of sp³-hybridized carbons (Fsp3) is 0.0476. The Morgan fingerprint density at radius 1 is 1.13 bits per heavy atom. The van der Waals surface area contributed by atoms with E-state index in [2.05, 4.69) is 15.0 Å². The number of aromatic amines is 1. The summed E-state index contributed by atoms with van der Waals surface area (Å²) in [6, 6.07) is 7.01. The number of H-pyrrole nitrogens is 1. The van der Waals surface area contributed by atoms with Gasteiger partial charge < -0.3 is 14.8 Å². The number of rotatable bonds is 6. The van der Waals surface area contributed by atoms with Gasteiger partial charge in [0.25, 0.3) is 0 Å². The second-order valence-electron chi connectivity index (χ2n) is 6.31. The second kappa shape index (κ2) is 7.70. The molecule has 1 aromatic carbocycles. The second-order valence-corrected chi connectivity index (χ2v) is 6.31. The van der Waals surface area contributed by atoms with Crippen LogP contribution in [0.1, 0.15) is 15.9 Å². The molecular weight excluding hydrogens is 396 g/mol. The van der Waals surface area contributed by atoms with Crippen LogP contribution >= 0.6 is 0 Å². The molecule has 0 atom stereocenters. The minimum Gasteiger partial charge on any atom is -0.479 e. The quantitative estimate of drug-likeness (QED) is 0.472. The van der Waals surface area contributed by atoms with Gasteiger partial charge in [-0.15, -0.1) is 0 Å². The summed E-state index contributed by atoms with van der Waals surface area (Å²) in [5.41, 5.74) is 0.962. The summed E-state index contributed by atoms with van der Waals surface area (Å²) in [6.45, 7) is -0.832. The van der Waals surface area contributed by atoms with E-state index in [-0.39, 0.29) is 5.56 Å². The Morgan fingerprint density at radius 3 is 2.70 bits per heavy atom. The summed E-state index contributed by atoms with van der Waals surface area (Å²) in [5.74, 6) is -5.16. The van der Waals surface area contributed by atoms with Crippen molar-refractivity contribution in [2.24, 2.45) is 0 Å². The maximum atomic E-state index is 14.8. The van der Waals surface area contributed by atoms with E-state index in [1.165, 1.54) is 6.20 Å². The van der Waals surface area contributed by atoms with Gasteiger partial charge in [0.1, 0.15) is 11.5 Å². The van der Waals surface area contributed by atoms with Crippen molar-refractivity contribution < 1.29 is 28.2 Å². The van der Waals surface area contributed by atoms with Gasteiger partial charge in [-0.05, 0) is 24.3 Å². The summed E-state index contributed by atoms with van der Waals surface area (Å²) < 4.78 is 33.9. The Bertz CT molecular complexity index is 1270. The molecule has 30 heavy (non-hydrogen) atoms. The number of aliphatic carboxylic acids is 1. The Balaban J connectivity index is 1.78. The van der Waals surface area contributed by atoms with Crippen LogP contribution < -0.4 is 4.74 Å². The maximum Gasteiger partial charge on any atom is 0.341 e. The molecule has 0 aliphatic carbocycles. The topological polar surface area (TPSA) is 105 Å². The van der Waals surface area contributed by atoms with E-state index in [1.54, 1.807) is 30.7 Å². The summed E-state index contributed by atoms with van der Waals surface area (Å²) in [6.07, 6.45) is 6.15. The molecule has 3 aromatic heterocycles. The van der Waals surface area contributed by atoms with E-state index in [0.717, 1.165) is 17.7 Å². The molecule has 0 aliphatic rings. The van der Waals surface area contributed by atoms with Crippen molar-refractivity contribution in [3.8, 4) is 16.9 Å². The van der Waals surface area contributed by atoms with Gasteiger partial charge in [-0.1, -0.05) is 6.07 Å². The van der Waals surface area contributed by atoms with E-state index in [9.17, 15) is 18.4 Å². The molecule has 3 heterocycles. The lowest BCUT2D eigenvalue weighted by Crippen LogP contribution is -2.13. The molecule has 2 N–H and O–H groups in total. The Kier molecular flexibility index (Phi) is 4.93. The van der Waals surface area contributed by atoms with Gasteiger partial charge in [0.15, 0.2) is 18.2 Å². The van der Waals surface area contributed by atoms with Gasteiger partial charge in [-0.3, -0.25) is 9.78 Å². The third kappa shape index (κ3) is 3.48. The number of ether oxygens (including phenoxy) is 1. The fourth-order valence-corrected chi connectivity index (χ4v) is 3.01. The summed E-state index contributed by atoms with van der Waals surface area (Å²) in [4.78, 5) is 34.7. The first kappa shape index (κ1) is 19.2. The molecule has 7 nitrogen and oxygen atoms in total. The van der Waals surface area contributed by atoms with Crippen molar-refractivity contribution in [2.45, 2.75) is 0 Å². The normalized spacial score (nSPS) is 10.9. The standard InChI is InChI=1S/C21H13F2N3O4/c22-15-3-4-16(30-10-17(27)28)19(23)18(15)20(29)14-9-26-21-13(14)6-12(8-25-21)11-2-1-5-24-7-11/h1-9H,10H2,(H,25,26)(H,27,28). The Hall–Kier alpha value is -4.14. The number of hydrogen-bond donors (Lipinski definition) is 2. The number of carbonyl (C=O) groups excluding carboxylic acids is 1. The lowest BCUT2D eigenvalue weighted by atomic mass is 10.0. The number of carbonyl (C=O) groups is 2. The Labute approximate surface area is 168 Å². The molecule has 9 heteroatoms. The van der Waals surface area contributed by atoms with Crippen LogP contribution in [0.2, 0.25) is 0 Å². The minimum absolute atomic E-state index is 0.0106. The number of hydrogen-bond acceptors (Lipinski definition) is 5. The molecule has 0 aliphatic heterocycles. The molecule has 4 aromatic rings. The number of carboxylic acid groups (broad SMARTS) is 1. The zero-order valence-corrected chi connectivity index (χ0v) is 15.2. The van der Waals surface area contributed by atoms with Crippen LogP contribution in [0.4, 0.5) is 8.78 Å². The van der Waals surface area contributed by atoms with Gasteiger partial charge in [-0.2, -0.15) is 0 Å². The van der Waals surface area contributed by atoms with Crippen LogP contribution in [0, 0.1) is 11.6 Å². The minimum atomic E-state index is -1.34. The summed E-state index contributed by atoms with van der Waals surface area (Å²) in [7, 11) is 0. The largest absolute Gasteiger partial charge is 0.479 e. The van der Waals surface area contributed by atoms with Crippen LogP contribution in [0.15, 0.2) is 55.1 Å². The number of halogens is 2. The number of pyridine rings is 2. The average Bonchev–Trinajstić information content (AvgIpc) is 3.17. The molecule has 150 valence electrons. The lowest BCUT2D eigenvalue weighted by molar-refractivity contribution is -0.139. The SMILES string of the molecule is O=C(O)COc1ccc(F)c(C(=O)c2c[nH]c3ncc(-c4cccnc4)cc23)c1F. The maximum absolute atomic E-state index is 14.8. The first-order chi connectivity index (χ1) is 14.5. The van der Waals surface area contributed by atoms with Crippen LogP contribution in [0.3, 0.4) is 0 Å². The zero-order valence-electron chi connectivity index (χ0n) is 15.2. The lowest BCUT2D eigenvalue weighted by Gasteiger charge is -2.09. The van der Waals surface area contributed by atoms with Crippen molar-refractivity contribution in [1.82, 2.24) is 15.0 Å². The molecule has 0 amide bonds. The van der Waals surface area contributed by atoms with Gasteiger partial charge >= 0.3 is 5.97 Å². The van der Waals surface area contributed by atoms with Crippen molar-refractivity contribution in [3.63, 3.8) is 0 Å². The van der Waals surface area contributed by atoms with Gasteiger partial charge in [-0.25, -0.2) is 18.6 Å². The molecule has 4 rings (SSSR count). The van der Waals surface area contributed by atoms with Gasteiger partial charge in [0.05, 0.1) is 5.56 Å². The van der Waals surface area contributed by atoms with Crippen LogP contribution in [0.5, 0.6) is 5.75 Å². The highest BCUT2D eigenvalue weighted by Gasteiger charge is 2.25. The van der Waals surface area contributed by atoms with Crippen LogP contribution in [-0.2, 0) is 4.79 Å². The van der Waals surface area contributed by atoms with Crippen molar-refractivity contribution in [3.05, 3.63) is 77.9 Å². The number of aromatic nitrogens is 3. The van der Waals surface area contributed by atoms with E-state index < -0.39 is 41.3 Å². The summed E-state index contributed by atoms with van der Waals surface area (Å²) >= 11 is 0. The van der Waals surface area contributed by atoms with E-state index in [4.69, 9.17) is 9.84 Å². The molecule has 0 fully saturated rings. The van der Waals surface area contributed by atoms with Crippen molar-refractivity contribution in [1.29, 1.82) is 0 Å². The molecule has 0 spiro atoms. The molecule has 0 bridgehead atoms. The van der Waals surface area contributed by atoms with E-state index in [0.29, 0.717) is 16.6 Å². The number of carboxylic acids is 1. The first-order valence-electron chi connectivity index (χ1n) is 8.70. The number of nitrogens with one attached hydrogen (secondary N) is 1. The van der Waals surface area contributed by atoms with E-state index in [1.807, 2.05) is 6.07 Å². The smallest absolute Gasteiger partial charge is 0.341 e. The van der Waals surface area contributed by atoms with Gasteiger partial charge in [0, 0.05) is 46.9 Å². The fourth-order valence-electron chi connectivity index (χ4n) is 3.01. The molecule has 0 saturated heterocycles. The summed E-state index contributed by atoms with van der Waals surface area (Å²) in [5, 5.41) is 9.06. The highest BCUT2D eigenvalue weighted by molar-refractivity contribution is 6.16. The zero-order chi connectivity index (χ0) is 21.3. The molecule has 0 unspecified atom stereocenters. The number of ketones is 1. The molecule has 0 radical (unpaired) electrons. The number of fused-ring (bicyclic) bond motifs is 1. The molecular formula is C21H13F2N3O4. The van der Waals surface area contributed by atoms with Crippen LogP contribution in [-0.4, -0.2) is 38.4 Å². The third-order valence-corrected chi connectivity index (χ3v) is 4.40. The Morgan fingerprint density at radius 2 is 1.97 bits per heavy atom. The third-order valence-electron chi connectivity index (χ3n) is 4.40. The highest BCUT2D eigenvalue weighted by Crippen LogP contribution is 2.29. The predicted octanol–water partition coefficient (Wildman–Crippen LogP) is 3.60. The molecule has 0 saturated carbocycles. The van der Waals surface area contributed by atoms with E-state index >= 15 is 0 Å². The highest BCUT2D eigenvalue weighted by atomic mass is 19.1. The first-order valence-corrected chi connectivity index (χ1v) is 8.70. The van der Waals surface area contributed by atoms with Crippen LogP contribution in [0.25, 0.3) is 22.2 Å². The predicted molar refractivity (Wildman–Crippen MR) is 102 cm³/mol. The van der Waals surface area contributed by atoms with Crippen molar-refractivity contribution >= 4 is 22.8 Å².